The van der Waals surface area contributed by atoms with Gasteiger partial charge >= 0.3 is 0 Å². The van der Waals surface area contributed by atoms with E-state index in [0.29, 0.717) is 0 Å². The lowest BCUT2D eigenvalue weighted by molar-refractivity contribution is -0.142. The standard InChI is InChI=1S/C6H8I2O6/c7-5(13)3(11)1(9)2(10)4(12)6(8)14/h1-4,9-12H/t1-,2+,3+,4-. The molecule has 0 bridgehead atoms. The second kappa shape index (κ2) is 6.27. The molecule has 8 heteroatoms. The fourth-order valence-electron chi connectivity index (χ4n) is 0.642. The van der Waals surface area contributed by atoms with Gasteiger partial charge in [0.15, 0.2) is 12.2 Å². The molecule has 0 spiro atoms. The minimum atomic E-state index is -1.88. The van der Waals surface area contributed by atoms with Crippen LogP contribution in [-0.2, 0) is 9.59 Å². The van der Waals surface area contributed by atoms with E-state index in [9.17, 15) is 9.59 Å². The molecule has 0 saturated heterocycles. The summed E-state index contributed by atoms with van der Waals surface area (Å²) in [7, 11) is 0. The first-order valence-electron chi connectivity index (χ1n) is 3.40. The lowest BCUT2D eigenvalue weighted by Crippen LogP contribution is -2.48. The molecule has 0 aromatic heterocycles. The van der Waals surface area contributed by atoms with Crippen LogP contribution in [0.2, 0.25) is 0 Å². The van der Waals surface area contributed by atoms with Gasteiger partial charge in [0.1, 0.15) is 12.2 Å². The summed E-state index contributed by atoms with van der Waals surface area (Å²) in [5.41, 5.74) is 0. The Hall–Kier alpha value is 0.640. The van der Waals surface area contributed by atoms with Crippen molar-refractivity contribution < 1.29 is 30.0 Å². The highest BCUT2D eigenvalue weighted by Gasteiger charge is 2.35. The first-order chi connectivity index (χ1) is 6.29. The van der Waals surface area contributed by atoms with Crippen molar-refractivity contribution in [3.05, 3.63) is 0 Å². The SMILES string of the molecule is O=C(I)[C@@H](O)[C@H](O)[C@H](O)[C@@H](O)C(=O)I. The van der Waals surface area contributed by atoms with Gasteiger partial charge in [-0.3, -0.25) is 9.59 Å². The third-order valence-corrected chi connectivity index (χ3v) is 2.74. The van der Waals surface area contributed by atoms with Crippen LogP contribution >= 0.6 is 45.2 Å². The molecule has 0 aliphatic rings. The van der Waals surface area contributed by atoms with Gasteiger partial charge in [0.2, 0.25) is 7.58 Å². The fraction of sp³-hybridized carbons (Fsp3) is 0.667. The number of carbonyl (C=O) groups is 2. The first kappa shape index (κ1) is 14.6. The maximum Gasteiger partial charge on any atom is 0.223 e. The van der Waals surface area contributed by atoms with E-state index >= 15 is 0 Å². The van der Waals surface area contributed by atoms with Gasteiger partial charge < -0.3 is 20.4 Å². The Morgan fingerprint density at radius 2 is 1.00 bits per heavy atom. The summed E-state index contributed by atoms with van der Waals surface area (Å²) >= 11 is 2.46. The average molecular weight is 430 g/mol. The molecule has 0 aliphatic heterocycles. The number of halogens is 2. The van der Waals surface area contributed by atoms with Crippen molar-refractivity contribution in [1.82, 2.24) is 0 Å². The van der Waals surface area contributed by atoms with Crippen LogP contribution in [0.3, 0.4) is 0 Å². The third-order valence-electron chi connectivity index (χ3n) is 1.46. The van der Waals surface area contributed by atoms with E-state index in [0.717, 1.165) is 0 Å². The summed E-state index contributed by atoms with van der Waals surface area (Å²) in [5, 5.41) is 36.3. The Morgan fingerprint density at radius 1 is 0.786 bits per heavy atom. The van der Waals surface area contributed by atoms with Gasteiger partial charge in [-0.1, -0.05) is 0 Å². The molecule has 4 atom stereocenters. The van der Waals surface area contributed by atoms with Crippen LogP contribution in [0.25, 0.3) is 0 Å². The van der Waals surface area contributed by atoms with Gasteiger partial charge in [-0.05, 0) is 0 Å². The highest BCUT2D eigenvalue weighted by Crippen LogP contribution is 2.11. The van der Waals surface area contributed by atoms with Crippen LogP contribution in [-0.4, -0.2) is 52.4 Å². The maximum atomic E-state index is 10.6. The molecule has 4 N–H and O–H groups in total. The van der Waals surface area contributed by atoms with Gasteiger partial charge in [0.25, 0.3) is 0 Å². The predicted molar refractivity (Wildman–Crippen MR) is 62.1 cm³/mol. The molecule has 0 amide bonds. The van der Waals surface area contributed by atoms with Crippen LogP contribution < -0.4 is 0 Å². The van der Waals surface area contributed by atoms with Crippen LogP contribution in [0.15, 0.2) is 0 Å². The summed E-state index contributed by atoms with van der Waals surface area (Å²) in [4.78, 5) is 21.2. The fourth-order valence-corrected chi connectivity index (χ4v) is 1.38. The minimum absolute atomic E-state index is 0.790. The molecule has 0 fully saturated rings. The molecule has 6 nitrogen and oxygen atoms in total. The van der Waals surface area contributed by atoms with Gasteiger partial charge in [0.05, 0.1) is 0 Å². The first-order valence-corrected chi connectivity index (χ1v) is 5.55. The number of carbonyl (C=O) groups excluding carboxylic acids is 2. The molecule has 14 heavy (non-hydrogen) atoms. The van der Waals surface area contributed by atoms with Crippen LogP contribution in [0.4, 0.5) is 0 Å². The van der Waals surface area contributed by atoms with E-state index in [2.05, 4.69) is 0 Å². The Kier molecular flexibility index (Phi) is 6.56. The van der Waals surface area contributed by atoms with Gasteiger partial charge in [-0.15, -0.1) is 0 Å². The number of aliphatic hydroxyl groups excluding tert-OH is 4. The van der Waals surface area contributed by atoms with Crippen LogP contribution in [0.5, 0.6) is 0 Å². The van der Waals surface area contributed by atoms with Crippen molar-refractivity contribution in [1.29, 1.82) is 0 Å². The second-order valence-corrected chi connectivity index (χ2v) is 4.61. The Labute approximate surface area is 107 Å². The molecule has 0 aromatic carbocycles. The smallest absolute Gasteiger partial charge is 0.223 e. The van der Waals surface area contributed by atoms with Crippen molar-refractivity contribution in [3.8, 4) is 0 Å². The van der Waals surface area contributed by atoms with Crippen molar-refractivity contribution in [2.45, 2.75) is 24.4 Å². The number of hydrogen-bond acceptors (Lipinski definition) is 6. The van der Waals surface area contributed by atoms with E-state index in [-0.39, 0.29) is 0 Å². The van der Waals surface area contributed by atoms with Gasteiger partial charge in [0, 0.05) is 45.2 Å². The third kappa shape index (κ3) is 4.02. The highest BCUT2D eigenvalue weighted by molar-refractivity contribution is 14.1. The lowest BCUT2D eigenvalue weighted by Gasteiger charge is -2.22. The maximum absolute atomic E-state index is 10.6. The lowest BCUT2D eigenvalue weighted by atomic mass is 10.0. The predicted octanol–water partition coefficient (Wildman–Crippen LogP) is -1.65. The Morgan fingerprint density at radius 3 is 1.14 bits per heavy atom. The topological polar surface area (TPSA) is 115 Å². The van der Waals surface area contributed by atoms with Crippen molar-refractivity contribution in [2.24, 2.45) is 0 Å². The largest absolute Gasteiger partial charge is 0.387 e. The van der Waals surface area contributed by atoms with Crippen molar-refractivity contribution >= 4 is 52.8 Å². The molecule has 82 valence electrons. The summed E-state index contributed by atoms with van der Waals surface area (Å²) in [5.74, 6) is 0. The van der Waals surface area contributed by atoms with Crippen molar-refractivity contribution in [3.63, 3.8) is 0 Å². The summed E-state index contributed by atoms with van der Waals surface area (Å²) in [6, 6.07) is 0. The summed E-state index contributed by atoms with van der Waals surface area (Å²) < 4.78 is -1.58. The molecular weight excluding hydrogens is 422 g/mol. The second-order valence-electron chi connectivity index (χ2n) is 2.48. The van der Waals surface area contributed by atoms with E-state index < -0.39 is 32.0 Å². The van der Waals surface area contributed by atoms with Crippen molar-refractivity contribution in [2.75, 3.05) is 0 Å². The van der Waals surface area contributed by atoms with Crippen LogP contribution in [0.1, 0.15) is 0 Å². The van der Waals surface area contributed by atoms with Gasteiger partial charge in [-0.25, -0.2) is 0 Å². The normalized spacial score (nSPS) is 19.6. The quantitative estimate of drug-likeness (QED) is 0.307. The molecule has 0 aliphatic carbocycles. The zero-order valence-corrected chi connectivity index (χ0v) is 11.0. The highest BCUT2D eigenvalue weighted by atomic mass is 127. The average Bonchev–Trinajstić information content (AvgIpc) is 2.12. The minimum Gasteiger partial charge on any atom is -0.387 e. The van der Waals surface area contributed by atoms with E-state index in [4.69, 9.17) is 20.4 Å². The molecular formula is C6H8I2O6. The van der Waals surface area contributed by atoms with E-state index in [1.807, 2.05) is 0 Å². The van der Waals surface area contributed by atoms with E-state index in [1.165, 1.54) is 45.2 Å². The molecule has 0 heterocycles. The van der Waals surface area contributed by atoms with E-state index in [1.54, 1.807) is 0 Å². The molecule has 0 aromatic rings. The summed E-state index contributed by atoms with van der Waals surface area (Å²) in [6.45, 7) is 0. The van der Waals surface area contributed by atoms with Crippen LogP contribution in [0, 0.1) is 0 Å². The molecule has 0 radical (unpaired) electrons. The molecule has 0 saturated carbocycles. The Bertz CT molecular complexity index is 208. The zero-order valence-electron chi connectivity index (χ0n) is 6.67. The Balaban J connectivity index is 4.45. The summed E-state index contributed by atoms with van der Waals surface area (Å²) in [6.07, 6.45) is -7.41. The zero-order chi connectivity index (χ0) is 11.5. The number of aliphatic hydroxyl groups is 4. The molecule has 0 unspecified atom stereocenters. The molecule has 0 rings (SSSR count). The number of hydrogen-bond donors (Lipinski definition) is 4. The number of rotatable bonds is 5. The monoisotopic (exact) mass is 430 g/mol. The van der Waals surface area contributed by atoms with Gasteiger partial charge in [-0.2, -0.15) is 0 Å².